The second kappa shape index (κ2) is 4.95. The van der Waals surface area contributed by atoms with Crippen molar-refractivity contribution in [2.24, 2.45) is 11.3 Å². The predicted molar refractivity (Wildman–Crippen MR) is 54.5 cm³/mol. The fourth-order valence-corrected chi connectivity index (χ4v) is 1.06. The summed E-state index contributed by atoms with van der Waals surface area (Å²) in [6.45, 7) is 4.17. The molecule has 0 unspecified atom stereocenters. The SMILES string of the molecule is CC(C)(COCc1ccco1)C(=O)NN. The molecular formula is C10H16N2O3. The second-order valence-corrected chi connectivity index (χ2v) is 3.93. The molecule has 15 heavy (non-hydrogen) atoms. The lowest BCUT2D eigenvalue weighted by Gasteiger charge is -2.21. The van der Waals surface area contributed by atoms with Crippen molar-refractivity contribution in [1.82, 2.24) is 5.43 Å². The maximum absolute atomic E-state index is 11.3. The third-order valence-electron chi connectivity index (χ3n) is 2.03. The zero-order valence-electron chi connectivity index (χ0n) is 8.95. The number of furan rings is 1. The number of amides is 1. The minimum absolute atomic E-state index is 0.248. The third kappa shape index (κ3) is 3.38. The highest BCUT2D eigenvalue weighted by atomic mass is 16.5. The maximum atomic E-state index is 11.3. The molecule has 0 bridgehead atoms. The van der Waals surface area contributed by atoms with Gasteiger partial charge in [0.05, 0.1) is 18.3 Å². The third-order valence-corrected chi connectivity index (χ3v) is 2.03. The fourth-order valence-electron chi connectivity index (χ4n) is 1.06. The van der Waals surface area contributed by atoms with Gasteiger partial charge >= 0.3 is 0 Å². The number of rotatable bonds is 5. The van der Waals surface area contributed by atoms with Crippen molar-refractivity contribution in [3.05, 3.63) is 24.2 Å². The van der Waals surface area contributed by atoms with Crippen LogP contribution in [0.15, 0.2) is 22.8 Å². The lowest BCUT2D eigenvalue weighted by atomic mass is 9.94. The number of hydrogen-bond donors (Lipinski definition) is 2. The van der Waals surface area contributed by atoms with E-state index >= 15 is 0 Å². The Hall–Kier alpha value is -1.33. The number of carbonyl (C=O) groups excluding carboxylic acids is 1. The van der Waals surface area contributed by atoms with Crippen molar-refractivity contribution in [2.45, 2.75) is 20.5 Å². The molecule has 84 valence electrons. The molecule has 0 aliphatic heterocycles. The van der Waals surface area contributed by atoms with Crippen LogP contribution < -0.4 is 11.3 Å². The molecule has 0 aliphatic rings. The highest BCUT2D eigenvalue weighted by Crippen LogP contribution is 2.16. The van der Waals surface area contributed by atoms with Gasteiger partial charge in [0.15, 0.2) is 0 Å². The quantitative estimate of drug-likeness (QED) is 0.430. The lowest BCUT2D eigenvalue weighted by Crippen LogP contribution is -2.43. The Morgan fingerprint density at radius 1 is 1.67 bits per heavy atom. The molecule has 1 rings (SSSR count). The van der Waals surface area contributed by atoms with Crippen molar-refractivity contribution in [3.63, 3.8) is 0 Å². The fraction of sp³-hybridized carbons (Fsp3) is 0.500. The molecule has 0 aliphatic carbocycles. The molecule has 0 spiro atoms. The van der Waals surface area contributed by atoms with Gasteiger partial charge in [-0.15, -0.1) is 0 Å². The van der Waals surface area contributed by atoms with Crippen LogP contribution in [0, 0.1) is 5.41 Å². The molecule has 1 heterocycles. The van der Waals surface area contributed by atoms with E-state index in [1.807, 2.05) is 6.07 Å². The van der Waals surface area contributed by atoms with Crippen LogP contribution in [0.2, 0.25) is 0 Å². The summed E-state index contributed by atoms with van der Waals surface area (Å²) in [6, 6.07) is 3.60. The number of carbonyl (C=O) groups is 1. The summed E-state index contributed by atoms with van der Waals surface area (Å²) in [5, 5.41) is 0. The van der Waals surface area contributed by atoms with Crippen LogP contribution in [0.3, 0.4) is 0 Å². The molecule has 0 radical (unpaired) electrons. The Bertz CT molecular complexity index is 306. The molecule has 1 amide bonds. The molecular weight excluding hydrogens is 196 g/mol. The van der Waals surface area contributed by atoms with Gasteiger partial charge in [0.1, 0.15) is 12.4 Å². The Morgan fingerprint density at radius 3 is 2.93 bits per heavy atom. The summed E-state index contributed by atoms with van der Waals surface area (Å²) in [7, 11) is 0. The molecule has 0 saturated heterocycles. The number of hydrogen-bond acceptors (Lipinski definition) is 4. The van der Waals surface area contributed by atoms with Crippen molar-refractivity contribution in [1.29, 1.82) is 0 Å². The van der Waals surface area contributed by atoms with Gasteiger partial charge in [-0.3, -0.25) is 10.2 Å². The molecule has 0 aromatic carbocycles. The van der Waals surface area contributed by atoms with Crippen LogP contribution in [-0.4, -0.2) is 12.5 Å². The highest BCUT2D eigenvalue weighted by molar-refractivity contribution is 5.81. The van der Waals surface area contributed by atoms with Crippen molar-refractivity contribution >= 4 is 5.91 Å². The number of ether oxygens (including phenoxy) is 1. The Balaban J connectivity index is 2.33. The molecule has 0 atom stereocenters. The largest absolute Gasteiger partial charge is 0.467 e. The number of nitrogens with two attached hydrogens (primary N) is 1. The van der Waals surface area contributed by atoms with Gasteiger partial charge in [-0.05, 0) is 26.0 Å². The first-order chi connectivity index (χ1) is 7.06. The van der Waals surface area contributed by atoms with E-state index in [2.05, 4.69) is 5.43 Å². The van der Waals surface area contributed by atoms with E-state index in [0.29, 0.717) is 6.61 Å². The van der Waals surface area contributed by atoms with Crippen LogP contribution in [0.5, 0.6) is 0 Å². The van der Waals surface area contributed by atoms with Crippen LogP contribution in [0.4, 0.5) is 0 Å². The van der Waals surface area contributed by atoms with Crippen molar-refractivity contribution < 1.29 is 13.9 Å². The molecule has 3 N–H and O–H groups in total. The summed E-state index contributed by atoms with van der Waals surface area (Å²) in [5.74, 6) is 5.54. The Morgan fingerprint density at radius 2 is 2.40 bits per heavy atom. The topological polar surface area (TPSA) is 77.5 Å². The molecule has 0 fully saturated rings. The standard InChI is InChI=1S/C10H16N2O3/c1-10(2,9(13)12-11)7-14-6-8-4-3-5-15-8/h3-5H,6-7,11H2,1-2H3,(H,12,13). The first-order valence-electron chi connectivity index (χ1n) is 4.67. The highest BCUT2D eigenvalue weighted by Gasteiger charge is 2.27. The lowest BCUT2D eigenvalue weighted by molar-refractivity contribution is -0.133. The average molecular weight is 212 g/mol. The van der Waals surface area contributed by atoms with Crippen LogP contribution in [0.25, 0.3) is 0 Å². The minimum atomic E-state index is -0.638. The zero-order valence-corrected chi connectivity index (χ0v) is 8.95. The summed E-state index contributed by atoms with van der Waals surface area (Å²) in [5.41, 5.74) is 1.47. The molecule has 1 aromatic heterocycles. The zero-order chi connectivity index (χ0) is 11.3. The summed E-state index contributed by atoms with van der Waals surface area (Å²) in [4.78, 5) is 11.3. The van der Waals surface area contributed by atoms with Gasteiger partial charge < -0.3 is 9.15 Å². The van der Waals surface area contributed by atoms with Crippen LogP contribution in [0.1, 0.15) is 19.6 Å². The smallest absolute Gasteiger partial charge is 0.241 e. The Kier molecular flexibility index (Phi) is 3.88. The predicted octanol–water partition coefficient (Wildman–Crippen LogP) is 0.812. The normalized spacial score (nSPS) is 11.4. The van der Waals surface area contributed by atoms with Crippen LogP contribution in [-0.2, 0) is 16.1 Å². The molecule has 1 aromatic rings. The van der Waals surface area contributed by atoms with E-state index in [4.69, 9.17) is 15.0 Å². The number of hydrazine groups is 1. The molecule has 5 nitrogen and oxygen atoms in total. The van der Waals surface area contributed by atoms with E-state index in [-0.39, 0.29) is 12.5 Å². The van der Waals surface area contributed by atoms with Gasteiger partial charge in [-0.25, -0.2) is 5.84 Å². The first-order valence-corrected chi connectivity index (χ1v) is 4.67. The van der Waals surface area contributed by atoms with Gasteiger partial charge in [0, 0.05) is 0 Å². The van der Waals surface area contributed by atoms with E-state index < -0.39 is 5.41 Å². The van der Waals surface area contributed by atoms with Gasteiger partial charge in [0.2, 0.25) is 5.91 Å². The van der Waals surface area contributed by atoms with Crippen LogP contribution >= 0.6 is 0 Å². The van der Waals surface area contributed by atoms with Crippen molar-refractivity contribution in [3.8, 4) is 0 Å². The molecule has 5 heteroatoms. The van der Waals surface area contributed by atoms with E-state index in [1.54, 1.807) is 26.2 Å². The minimum Gasteiger partial charge on any atom is -0.467 e. The van der Waals surface area contributed by atoms with E-state index in [1.165, 1.54) is 0 Å². The summed E-state index contributed by atoms with van der Waals surface area (Å²) >= 11 is 0. The van der Waals surface area contributed by atoms with Gasteiger partial charge in [-0.2, -0.15) is 0 Å². The van der Waals surface area contributed by atoms with Gasteiger partial charge in [0.25, 0.3) is 0 Å². The molecule has 0 saturated carbocycles. The van der Waals surface area contributed by atoms with Crippen molar-refractivity contribution in [2.75, 3.05) is 6.61 Å². The summed E-state index contributed by atoms with van der Waals surface area (Å²) < 4.78 is 10.4. The first kappa shape index (κ1) is 11.7. The maximum Gasteiger partial charge on any atom is 0.241 e. The Labute approximate surface area is 88.6 Å². The monoisotopic (exact) mass is 212 g/mol. The summed E-state index contributed by atoms with van der Waals surface area (Å²) in [6.07, 6.45) is 1.58. The van der Waals surface area contributed by atoms with E-state index in [0.717, 1.165) is 5.76 Å². The second-order valence-electron chi connectivity index (χ2n) is 3.93. The van der Waals surface area contributed by atoms with Gasteiger partial charge in [-0.1, -0.05) is 0 Å². The van der Waals surface area contributed by atoms with E-state index in [9.17, 15) is 4.79 Å². The number of nitrogens with one attached hydrogen (secondary N) is 1. The average Bonchev–Trinajstić information content (AvgIpc) is 2.69.